The van der Waals surface area contributed by atoms with Gasteiger partial charge in [0.25, 0.3) is 0 Å². The van der Waals surface area contributed by atoms with E-state index in [1.807, 2.05) is 42.5 Å². The van der Waals surface area contributed by atoms with Gasteiger partial charge in [-0.25, -0.2) is 0 Å². The van der Waals surface area contributed by atoms with Crippen LogP contribution in [0.4, 0.5) is 5.69 Å². The molecule has 0 aliphatic carbocycles. The molecule has 1 aliphatic heterocycles. The Balaban J connectivity index is 1.63. The average Bonchev–Trinajstić information content (AvgIpc) is 2.89. The van der Waals surface area contributed by atoms with E-state index in [0.29, 0.717) is 28.6 Å². The summed E-state index contributed by atoms with van der Waals surface area (Å²) in [6.07, 6.45) is 1.12. The van der Waals surface area contributed by atoms with Crippen LogP contribution in [0.25, 0.3) is 0 Å². The summed E-state index contributed by atoms with van der Waals surface area (Å²) in [5.74, 6) is 0. The van der Waals surface area contributed by atoms with Gasteiger partial charge in [-0.3, -0.25) is 4.90 Å². The smallest absolute Gasteiger partial charge is 0.0991 e. The minimum atomic E-state index is -0.346. The molecule has 0 radical (unpaired) electrons. The second kappa shape index (κ2) is 12.1. The summed E-state index contributed by atoms with van der Waals surface area (Å²) in [4.78, 5) is 4.62. The highest BCUT2D eigenvalue weighted by atomic mass is 35.5. The number of aryl methyl sites for hydroxylation is 1. The van der Waals surface area contributed by atoms with Gasteiger partial charge in [0.2, 0.25) is 0 Å². The van der Waals surface area contributed by atoms with Gasteiger partial charge in [-0.2, -0.15) is 5.26 Å². The zero-order valence-electron chi connectivity index (χ0n) is 20.3. The number of nitrogens with zero attached hydrogens (tertiary/aromatic N) is 3. The molecule has 3 atom stereocenters. The van der Waals surface area contributed by atoms with Crippen LogP contribution in [0.2, 0.25) is 10.0 Å². The fourth-order valence-corrected chi connectivity index (χ4v) is 5.31. The third-order valence-corrected chi connectivity index (χ3v) is 7.43. The molecule has 0 unspecified atom stereocenters. The Morgan fingerprint density at radius 2 is 1.75 bits per heavy atom. The Bertz CT molecular complexity index is 1190. The number of aliphatic hydroxyl groups excluding tert-OH is 2. The zero-order valence-corrected chi connectivity index (χ0v) is 21.8. The van der Waals surface area contributed by atoms with Gasteiger partial charge in [-0.05, 0) is 72.9 Å². The summed E-state index contributed by atoms with van der Waals surface area (Å²) in [5, 5.41) is 30.5. The summed E-state index contributed by atoms with van der Waals surface area (Å²) < 4.78 is 0. The minimum Gasteiger partial charge on any atom is -0.394 e. The van der Waals surface area contributed by atoms with Gasteiger partial charge in [0, 0.05) is 24.7 Å². The van der Waals surface area contributed by atoms with Crippen LogP contribution in [0.3, 0.4) is 0 Å². The van der Waals surface area contributed by atoms with Crippen molar-refractivity contribution in [3.63, 3.8) is 0 Å². The highest BCUT2D eigenvalue weighted by Gasteiger charge is 2.33. The molecule has 0 aromatic heterocycles. The molecule has 0 amide bonds. The van der Waals surface area contributed by atoms with Crippen LogP contribution in [0, 0.1) is 11.3 Å². The monoisotopic (exact) mass is 523 g/mol. The maximum Gasteiger partial charge on any atom is 0.0991 e. The average molecular weight is 524 g/mol. The van der Waals surface area contributed by atoms with Crippen molar-refractivity contribution in [2.24, 2.45) is 0 Å². The molecule has 0 bridgehead atoms. The summed E-state index contributed by atoms with van der Waals surface area (Å²) in [7, 11) is 0. The normalized spacial score (nSPS) is 18.0. The molecule has 188 valence electrons. The molecule has 2 N–H and O–H groups in total. The number of benzene rings is 3. The molecule has 1 saturated heterocycles. The molecule has 0 saturated carbocycles. The quantitative estimate of drug-likeness (QED) is 0.391. The molecule has 7 heteroatoms. The highest BCUT2D eigenvalue weighted by molar-refractivity contribution is 6.33. The highest BCUT2D eigenvalue weighted by Crippen LogP contribution is 2.38. The van der Waals surface area contributed by atoms with Crippen LogP contribution >= 0.6 is 23.2 Å². The summed E-state index contributed by atoms with van der Waals surface area (Å²) in [5.41, 5.74) is 4.78. The van der Waals surface area contributed by atoms with E-state index < -0.39 is 0 Å². The van der Waals surface area contributed by atoms with Gasteiger partial charge in [-0.1, -0.05) is 53.5 Å². The Morgan fingerprint density at radius 1 is 1.03 bits per heavy atom. The maximum atomic E-state index is 10.3. The molecule has 1 heterocycles. The Morgan fingerprint density at radius 3 is 2.36 bits per heavy atom. The van der Waals surface area contributed by atoms with Crippen molar-refractivity contribution < 1.29 is 10.2 Å². The van der Waals surface area contributed by atoms with Crippen LogP contribution < -0.4 is 4.90 Å². The van der Waals surface area contributed by atoms with Crippen molar-refractivity contribution in [3.05, 3.63) is 99.0 Å². The van der Waals surface area contributed by atoms with E-state index in [2.05, 4.69) is 28.0 Å². The van der Waals surface area contributed by atoms with Crippen LogP contribution in [0.15, 0.2) is 66.7 Å². The Labute approximate surface area is 223 Å². The van der Waals surface area contributed by atoms with E-state index in [1.165, 1.54) is 0 Å². The first-order chi connectivity index (χ1) is 17.4. The predicted octanol–water partition coefficient (Wildman–Crippen LogP) is 5.78. The molecule has 3 aromatic rings. The Hall–Kier alpha value is -2.59. The number of aliphatic hydroxyl groups is 2. The van der Waals surface area contributed by atoms with E-state index in [1.54, 1.807) is 19.1 Å². The van der Waals surface area contributed by atoms with Crippen molar-refractivity contribution in [2.45, 2.75) is 38.0 Å². The number of anilines is 1. The van der Waals surface area contributed by atoms with E-state index in [-0.39, 0.29) is 24.8 Å². The molecule has 0 spiro atoms. The van der Waals surface area contributed by atoms with Crippen LogP contribution in [-0.4, -0.2) is 47.5 Å². The van der Waals surface area contributed by atoms with E-state index in [0.717, 1.165) is 41.9 Å². The van der Waals surface area contributed by atoms with Crippen molar-refractivity contribution in [1.82, 2.24) is 4.90 Å². The fraction of sp³-hybridized carbons (Fsp3) is 0.345. The van der Waals surface area contributed by atoms with Gasteiger partial charge in [0.1, 0.15) is 0 Å². The third kappa shape index (κ3) is 6.21. The van der Waals surface area contributed by atoms with Crippen LogP contribution in [0.1, 0.15) is 47.7 Å². The maximum absolute atomic E-state index is 10.3. The lowest BCUT2D eigenvalue weighted by molar-refractivity contribution is 0.103. The molecule has 1 aliphatic rings. The zero-order chi connectivity index (χ0) is 25.7. The first kappa shape index (κ1) is 26.5. The number of nitriles is 1. The van der Waals surface area contributed by atoms with Gasteiger partial charge < -0.3 is 15.1 Å². The van der Waals surface area contributed by atoms with E-state index in [4.69, 9.17) is 28.5 Å². The number of hydrogen-bond donors (Lipinski definition) is 2. The molecule has 1 fully saturated rings. The second-order valence-corrected chi connectivity index (χ2v) is 10.2. The standard InChI is InChI=1S/C29H31Cl2N3O2/c1-20(36)2-3-21-6-13-27(26(31)16-21)34-15-14-33(18-28(34)23-9-11-25(30)12-10-23)29(19-35)24-7-4-22(17-32)5-8-24/h4-13,16,20,28-29,35-36H,2-3,14-15,18-19H2,1H3/t20-,28-,29+/m0/s1. The first-order valence-electron chi connectivity index (χ1n) is 12.2. The number of halogens is 2. The lowest BCUT2D eigenvalue weighted by atomic mass is 9.97. The number of rotatable bonds is 8. The lowest BCUT2D eigenvalue weighted by Crippen LogP contribution is -2.50. The topological polar surface area (TPSA) is 70.7 Å². The van der Waals surface area contributed by atoms with Gasteiger partial charge >= 0.3 is 0 Å². The first-order valence-corrected chi connectivity index (χ1v) is 13.0. The molecular weight excluding hydrogens is 493 g/mol. The molecule has 36 heavy (non-hydrogen) atoms. The van der Waals surface area contributed by atoms with Gasteiger partial charge in [-0.15, -0.1) is 0 Å². The van der Waals surface area contributed by atoms with Crippen LogP contribution in [0.5, 0.6) is 0 Å². The summed E-state index contributed by atoms with van der Waals surface area (Å²) in [6.45, 7) is 3.94. The summed E-state index contributed by atoms with van der Waals surface area (Å²) in [6, 6.07) is 23.5. The molecule has 3 aromatic carbocycles. The predicted molar refractivity (Wildman–Crippen MR) is 146 cm³/mol. The van der Waals surface area contributed by atoms with Crippen molar-refractivity contribution in [3.8, 4) is 6.07 Å². The van der Waals surface area contributed by atoms with Crippen LogP contribution in [-0.2, 0) is 6.42 Å². The Kier molecular flexibility index (Phi) is 8.90. The van der Waals surface area contributed by atoms with Crippen molar-refractivity contribution >= 4 is 28.9 Å². The molecule has 5 nitrogen and oxygen atoms in total. The molecule has 4 rings (SSSR count). The van der Waals surface area contributed by atoms with Crippen molar-refractivity contribution in [1.29, 1.82) is 5.26 Å². The van der Waals surface area contributed by atoms with E-state index in [9.17, 15) is 10.2 Å². The van der Waals surface area contributed by atoms with Gasteiger partial charge in [0.15, 0.2) is 0 Å². The minimum absolute atomic E-state index is 0.00395. The SMILES string of the molecule is C[C@H](O)CCc1ccc(N2CCN([C@H](CO)c3ccc(C#N)cc3)C[C@H]2c2ccc(Cl)cc2)c(Cl)c1. The second-order valence-electron chi connectivity index (χ2n) is 9.36. The fourth-order valence-electron chi connectivity index (χ4n) is 4.87. The molecular formula is C29H31Cl2N3O2. The lowest BCUT2D eigenvalue weighted by Gasteiger charge is -2.46. The summed E-state index contributed by atoms with van der Waals surface area (Å²) >= 11 is 13.0. The third-order valence-electron chi connectivity index (χ3n) is 6.88. The van der Waals surface area contributed by atoms with Gasteiger partial charge in [0.05, 0.1) is 47.1 Å². The van der Waals surface area contributed by atoms with E-state index >= 15 is 0 Å². The number of hydrogen-bond acceptors (Lipinski definition) is 5. The van der Waals surface area contributed by atoms with Crippen molar-refractivity contribution in [2.75, 3.05) is 31.1 Å². The number of piperazine rings is 1. The largest absolute Gasteiger partial charge is 0.394 e.